The molecule has 0 aliphatic heterocycles. The molecule has 1 aliphatic rings. The summed E-state index contributed by atoms with van der Waals surface area (Å²) in [7, 11) is 1.94. The van der Waals surface area contributed by atoms with Gasteiger partial charge in [-0.2, -0.15) is 0 Å². The second kappa shape index (κ2) is 8.15. The number of carbonyl (C=O) groups is 1. The van der Waals surface area contributed by atoms with Crippen molar-refractivity contribution >= 4 is 5.91 Å². The van der Waals surface area contributed by atoms with Crippen molar-refractivity contribution in [2.75, 3.05) is 7.05 Å². The van der Waals surface area contributed by atoms with Gasteiger partial charge in [0.05, 0.1) is 6.20 Å². The third-order valence-electron chi connectivity index (χ3n) is 5.30. The van der Waals surface area contributed by atoms with Gasteiger partial charge in [-0.1, -0.05) is 30.3 Å². The van der Waals surface area contributed by atoms with Gasteiger partial charge in [0.1, 0.15) is 5.75 Å². The van der Waals surface area contributed by atoms with Crippen molar-refractivity contribution in [1.29, 1.82) is 0 Å². The molecule has 0 bridgehead atoms. The van der Waals surface area contributed by atoms with Crippen molar-refractivity contribution in [1.82, 2.24) is 9.88 Å². The summed E-state index contributed by atoms with van der Waals surface area (Å²) in [4.78, 5) is 18.8. The molecule has 1 saturated carbocycles. The van der Waals surface area contributed by atoms with Crippen LogP contribution in [-0.4, -0.2) is 34.0 Å². The maximum Gasteiger partial charge on any atom is 0.222 e. The van der Waals surface area contributed by atoms with Crippen LogP contribution in [0.2, 0.25) is 0 Å². The SMILES string of the molecule is CN(C(=O)CCc1ccccc1)[C@H]1CC[C@H](c2ccc(O)cn2)CC1. The summed E-state index contributed by atoms with van der Waals surface area (Å²) in [6.45, 7) is 0. The summed E-state index contributed by atoms with van der Waals surface area (Å²) in [5, 5.41) is 9.36. The summed E-state index contributed by atoms with van der Waals surface area (Å²) in [5.74, 6) is 0.876. The molecule has 2 aromatic rings. The van der Waals surface area contributed by atoms with E-state index in [9.17, 15) is 9.90 Å². The standard InChI is InChI=1S/C21H26N2O2/c1-23(21(25)14-7-16-5-3-2-4-6-16)18-10-8-17(9-11-18)20-13-12-19(24)15-22-20/h2-6,12-13,15,17-18,24H,7-11,14H2,1H3/t17-,18-. The molecule has 0 unspecified atom stereocenters. The van der Waals surface area contributed by atoms with E-state index in [2.05, 4.69) is 17.1 Å². The minimum Gasteiger partial charge on any atom is -0.506 e. The van der Waals surface area contributed by atoms with Crippen LogP contribution in [0.25, 0.3) is 0 Å². The molecule has 25 heavy (non-hydrogen) atoms. The van der Waals surface area contributed by atoms with Crippen LogP contribution >= 0.6 is 0 Å². The Hall–Kier alpha value is -2.36. The first-order chi connectivity index (χ1) is 12.1. The lowest BCUT2D eigenvalue weighted by molar-refractivity contribution is -0.132. The average Bonchev–Trinajstić information content (AvgIpc) is 2.67. The molecule has 4 heteroatoms. The van der Waals surface area contributed by atoms with Gasteiger partial charge in [0.15, 0.2) is 0 Å². The van der Waals surface area contributed by atoms with Crippen molar-refractivity contribution in [3.05, 3.63) is 59.9 Å². The molecule has 0 saturated heterocycles. The highest BCUT2D eigenvalue weighted by atomic mass is 16.3. The molecule has 1 aliphatic carbocycles. The van der Waals surface area contributed by atoms with Gasteiger partial charge in [-0.15, -0.1) is 0 Å². The highest BCUT2D eigenvalue weighted by Gasteiger charge is 2.27. The van der Waals surface area contributed by atoms with Crippen molar-refractivity contribution in [2.45, 2.75) is 50.5 Å². The number of benzene rings is 1. The first kappa shape index (κ1) is 17.5. The molecular weight excluding hydrogens is 312 g/mol. The van der Waals surface area contributed by atoms with E-state index < -0.39 is 0 Å². The number of nitrogens with zero attached hydrogens (tertiary/aromatic N) is 2. The summed E-state index contributed by atoms with van der Waals surface area (Å²) < 4.78 is 0. The van der Waals surface area contributed by atoms with E-state index in [1.165, 1.54) is 11.8 Å². The smallest absolute Gasteiger partial charge is 0.222 e. The minimum absolute atomic E-state index is 0.209. The van der Waals surface area contributed by atoms with Crippen LogP contribution < -0.4 is 0 Å². The monoisotopic (exact) mass is 338 g/mol. The van der Waals surface area contributed by atoms with E-state index in [-0.39, 0.29) is 11.7 Å². The van der Waals surface area contributed by atoms with E-state index in [4.69, 9.17) is 0 Å². The summed E-state index contributed by atoms with van der Waals surface area (Å²) in [6, 6.07) is 14.1. The van der Waals surface area contributed by atoms with Gasteiger partial charge < -0.3 is 10.0 Å². The topological polar surface area (TPSA) is 53.4 Å². The number of amides is 1. The normalized spacial score (nSPS) is 20.2. The molecule has 1 fully saturated rings. The number of aryl methyl sites for hydroxylation is 1. The van der Waals surface area contributed by atoms with Crippen LogP contribution in [0, 0.1) is 0 Å². The van der Waals surface area contributed by atoms with Crippen LogP contribution in [0.15, 0.2) is 48.7 Å². The summed E-state index contributed by atoms with van der Waals surface area (Å²) in [6.07, 6.45) is 7.00. The zero-order chi connectivity index (χ0) is 17.6. The van der Waals surface area contributed by atoms with E-state index in [1.54, 1.807) is 6.07 Å². The van der Waals surface area contributed by atoms with E-state index in [0.717, 1.165) is 37.8 Å². The van der Waals surface area contributed by atoms with E-state index in [0.29, 0.717) is 18.4 Å². The fraction of sp³-hybridized carbons (Fsp3) is 0.429. The lowest BCUT2D eigenvalue weighted by Crippen LogP contribution is -2.39. The molecule has 1 amide bonds. The van der Waals surface area contributed by atoms with E-state index in [1.807, 2.05) is 36.2 Å². The van der Waals surface area contributed by atoms with Gasteiger partial charge in [0, 0.05) is 31.1 Å². The lowest BCUT2D eigenvalue weighted by atomic mass is 9.83. The van der Waals surface area contributed by atoms with Crippen molar-refractivity contribution in [3.8, 4) is 5.75 Å². The third-order valence-corrected chi connectivity index (χ3v) is 5.30. The Morgan fingerprint density at radius 3 is 2.48 bits per heavy atom. The third kappa shape index (κ3) is 4.59. The van der Waals surface area contributed by atoms with E-state index >= 15 is 0 Å². The maximum absolute atomic E-state index is 12.5. The second-order valence-corrected chi connectivity index (χ2v) is 6.94. The second-order valence-electron chi connectivity index (χ2n) is 6.94. The molecular formula is C21H26N2O2. The molecule has 1 aromatic heterocycles. The number of hydrogen-bond acceptors (Lipinski definition) is 3. The highest BCUT2D eigenvalue weighted by Crippen LogP contribution is 2.34. The minimum atomic E-state index is 0.209. The Labute approximate surface area is 149 Å². The van der Waals surface area contributed by atoms with Crippen LogP contribution in [0.3, 0.4) is 0 Å². The Kier molecular flexibility index (Phi) is 5.69. The lowest BCUT2D eigenvalue weighted by Gasteiger charge is -2.34. The quantitative estimate of drug-likeness (QED) is 0.899. The van der Waals surface area contributed by atoms with Crippen molar-refractivity contribution in [3.63, 3.8) is 0 Å². The Morgan fingerprint density at radius 1 is 1.12 bits per heavy atom. The molecule has 132 valence electrons. The number of carbonyl (C=O) groups excluding carboxylic acids is 1. The first-order valence-corrected chi connectivity index (χ1v) is 9.08. The highest BCUT2D eigenvalue weighted by molar-refractivity contribution is 5.76. The Bertz CT molecular complexity index is 677. The van der Waals surface area contributed by atoms with Gasteiger partial charge in [-0.25, -0.2) is 0 Å². The summed E-state index contributed by atoms with van der Waals surface area (Å²) in [5.41, 5.74) is 2.26. The Morgan fingerprint density at radius 2 is 1.84 bits per heavy atom. The van der Waals surface area contributed by atoms with Gasteiger partial charge in [0.25, 0.3) is 0 Å². The van der Waals surface area contributed by atoms with Crippen LogP contribution in [-0.2, 0) is 11.2 Å². The number of pyridine rings is 1. The zero-order valence-electron chi connectivity index (χ0n) is 14.8. The van der Waals surface area contributed by atoms with Crippen LogP contribution in [0.5, 0.6) is 5.75 Å². The summed E-state index contributed by atoms with van der Waals surface area (Å²) >= 11 is 0. The Balaban J connectivity index is 1.48. The van der Waals surface area contributed by atoms with Crippen molar-refractivity contribution < 1.29 is 9.90 Å². The van der Waals surface area contributed by atoms with Gasteiger partial charge >= 0.3 is 0 Å². The van der Waals surface area contributed by atoms with Crippen LogP contribution in [0.4, 0.5) is 0 Å². The molecule has 4 nitrogen and oxygen atoms in total. The number of rotatable bonds is 5. The van der Waals surface area contributed by atoms with Gasteiger partial charge in [-0.05, 0) is 49.8 Å². The molecule has 0 spiro atoms. The van der Waals surface area contributed by atoms with Gasteiger partial charge in [0.2, 0.25) is 5.91 Å². The van der Waals surface area contributed by atoms with Gasteiger partial charge in [-0.3, -0.25) is 9.78 Å². The fourth-order valence-corrected chi connectivity index (χ4v) is 3.67. The van der Waals surface area contributed by atoms with Crippen LogP contribution in [0.1, 0.15) is 49.3 Å². The predicted molar refractivity (Wildman–Crippen MR) is 98.4 cm³/mol. The van der Waals surface area contributed by atoms with Crippen molar-refractivity contribution in [2.24, 2.45) is 0 Å². The number of hydrogen-bond donors (Lipinski definition) is 1. The molecule has 1 heterocycles. The number of aromatic hydroxyl groups is 1. The molecule has 0 radical (unpaired) electrons. The molecule has 3 rings (SSSR count). The predicted octanol–water partition coefficient (Wildman–Crippen LogP) is 3.90. The molecule has 1 aromatic carbocycles. The molecule has 0 atom stereocenters. The number of aromatic nitrogens is 1. The largest absolute Gasteiger partial charge is 0.506 e. The average molecular weight is 338 g/mol. The first-order valence-electron chi connectivity index (χ1n) is 9.08. The maximum atomic E-state index is 12.5. The fourth-order valence-electron chi connectivity index (χ4n) is 3.67. The zero-order valence-corrected chi connectivity index (χ0v) is 14.8. The molecule has 1 N–H and O–H groups in total.